The summed E-state index contributed by atoms with van der Waals surface area (Å²) in [4.78, 5) is 54.2. The molecule has 36 heavy (non-hydrogen) atoms. The third-order valence-electron chi connectivity index (χ3n) is 6.48. The first-order valence-corrected chi connectivity index (χ1v) is 11.9. The van der Waals surface area contributed by atoms with Crippen molar-refractivity contribution < 1.29 is 34.5 Å². The van der Waals surface area contributed by atoms with E-state index < -0.39 is 58.0 Å². The molecule has 0 aliphatic carbocycles. The Kier molecular flexibility index (Phi) is 6.35. The predicted octanol–water partition coefficient (Wildman–Crippen LogP) is 0.668. The van der Waals surface area contributed by atoms with Gasteiger partial charge in [-0.05, 0) is 49.2 Å². The Morgan fingerprint density at radius 2 is 1.50 bits per heavy atom. The zero-order valence-electron chi connectivity index (χ0n) is 19.4. The first-order chi connectivity index (χ1) is 16.8. The third kappa shape index (κ3) is 4.11. The van der Waals surface area contributed by atoms with Gasteiger partial charge in [-0.2, -0.15) is 0 Å². The number of carbonyl (C=O) groups is 4. The predicted molar refractivity (Wildman–Crippen MR) is 129 cm³/mol. The SMILES string of the molecule is CC1(C)S[C@@H]2[C@H](N(C(=O)C(N)c3ccc(O)cc3)[C@@H](C(N)=O)c3ccc(O)cc3)C(=O)N2[C@H]1C(=O)O. The highest BCUT2D eigenvalue weighted by molar-refractivity contribution is 8.01. The summed E-state index contributed by atoms with van der Waals surface area (Å²) in [5, 5.41) is 28.3. The van der Waals surface area contributed by atoms with E-state index in [9.17, 15) is 34.5 Å². The molecule has 0 bridgehead atoms. The average molecular weight is 515 g/mol. The molecule has 2 saturated heterocycles. The van der Waals surface area contributed by atoms with E-state index >= 15 is 0 Å². The molecular weight excluding hydrogens is 488 g/mol. The summed E-state index contributed by atoms with van der Waals surface area (Å²) in [7, 11) is 0. The molecule has 0 aromatic heterocycles. The monoisotopic (exact) mass is 514 g/mol. The summed E-state index contributed by atoms with van der Waals surface area (Å²) in [5.74, 6) is -3.65. The number of benzene rings is 2. The van der Waals surface area contributed by atoms with Crippen LogP contribution in [0, 0.1) is 0 Å². The number of phenolic OH excluding ortho intramolecular Hbond substituents is 2. The van der Waals surface area contributed by atoms with Crippen molar-refractivity contribution in [2.45, 2.75) is 48.1 Å². The lowest BCUT2D eigenvalue weighted by Gasteiger charge is -2.50. The number of hydrogen-bond acceptors (Lipinski definition) is 8. The second-order valence-corrected chi connectivity index (χ2v) is 11.0. The van der Waals surface area contributed by atoms with Gasteiger partial charge in [-0.3, -0.25) is 14.4 Å². The Balaban J connectivity index is 1.80. The number of carbonyl (C=O) groups excluding carboxylic acids is 3. The number of fused-ring (bicyclic) bond motifs is 1. The van der Waals surface area contributed by atoms with Crippen molar-refractivity contribution in [1.82, 2.24) is 9.80 Å². The summed E-state index contributed by atoms with van der Waals surface area (Å²) < 4.78 is -0.866. The van der Waals surface area contributed by atoms with Crippen molar-refractivity contribution in [3.05, 3.63) is 59.7 Å². The van der Waals surface area contributed by atoms with Crippen LogP contribution in [0.2, 0.25) is 0 Å². The van der Waals surface area contributed by atoms with Gasteiger partial charge in [0.1, 0.15) is 41.0 Å². The van der Waals surface area contributed by atoms with Crippen molar-refractivity contribution in [3.8, 4) is 11.5 Å². The lowest BCUT2D eigenvalue weighted by molar-refractivity contribution is -0.172. The highest BCUT2D eigenvalue weighted by Crippen LogP contribution is 2.53. The fourth-order valence-electron chi connectivity index (χ4n) is 4.78. The molecule has 11 nitrogen and oxygen atoms in total. The van der Waals surface area contributed by atoms with Crippen LogP contribution in [0.25, 0.3) is 0 Å². The molecule has 0 radical (unpaired) electrons. The molecule has 190 valence electrons. The Bertz CT molecular complexity index is 1220. The Morgan fingerprint density at radius 1 is 1.00 bits per heavy atom. The number of carboxylic acid groups (broad SMARTS) is 1. The first kappa shape index (κ1) is 25.3. The number of primary amides is 1. The van der Waals surface area contributed by atoms with Gasteiger partial charge in [0, 0.05) is 4.75 Å². The third-order valence-corrected chi connectivity index (χ3v) is 8.03. The van der Waals surface area contributed by atoms with Gasteiger partial charge >= 0.3 is 5.97 Å². The minimum atomic E-state index is -1.43. The van der Waals surface area contributed by atoms with E-state index in [2.05, 4.69) is 0 Å². The number of aromatic hydroxyl groups is 2. The van der Waals surface area contributed by atoms with Crippen molar-refractivity contribution in [2.24, 2.45) is 11.5 Å². The molecule has 2 aromatic rings. The average Bonchev–Trinajstić information content (AvgIpc) is 3.06. The molecule has 2 aliphatic rings. The van der Waals surface area contributed by atoms with Crippen molar-refractivity contribution in [1.29, 1.82) is 0 Å². The van der Waals surface area contributed by atoms with Gasteiger partial charge in [-0.25, -0.2) is 4.79 Å². The Hall–Kier alpha value is -3.77. The normalized spacial score (nSPS) is 23.8. The molecule has 0 spiro atoms. The molecule has 12 heteroatoms. The van der Waals surface area contributed by atoms with Crippen LogP contribution in [0.4, 0.5) is 0 Å². The molecule has 4 rings (SSSR count). The fourth-order valence-corrected chi connectivity index (χ4v) is 6.46. The first-order valence-electron chi connectivity index (χ1n) is 11.0. The maximum Gasteiger partial charge on any atom is 0.327 e. The van der Waals surface area contributed by atoms with Gasteiger partial charge in [0.2, 0.25) is 17.7 Å². The highest BCUT2D eigenvalue weighted by atomic mass is 32.2. The van der Waals surface area contributed by atoms with Crippen molar-refractivity contribution >= 4 is 35.5 Å². The van der Waals surface area contributed by atoms with Gasteiger partial charge in [0.25, 0.3) is 0 Å². The molecule has 3 amide bonds. The number of thioether (sulfide) groups is 1. The molecular formula is C24H26N4O7S. The molecule has 5 atom stereocenters. The van der Waals surface area contributed by atoms with E-state index in [1.165, 1.54) is 65.2 Å². The Morgan fingerprint density at radius 3 is 1.97 bits per heavy atom. The molecule has 2 fully saturated rings. The number of carboxylic acids is 1. The standard InChI is InChI=1S/C24H26N4O7S/c1-24(2)18(23(34)35)28-21(33)17(22(28)36-24)27(16(19(26)31)12-5-9-14(30)10-6-12)20(32)15(25)11-3-7-13(29)8-4-11/h3-10,15-18,22,29-30H,25H2,1-2H3,(H2,26,31)(H,34,35)/t15?,16-,17-,18+,22-/m1/s1. The minimum absolute atomic E-state index is 0.0385. The van der Waals surface area contributed by atoms with Crippen LogP contribution < -0.4 is 11.5 Å². The number of aliphatic carboxylic acids is 1. The number of amides is 3. The zero-order chi connectivity index (χ0) is 26.5. The Labute approximate surface area is 210 Å². The molecule has 2 aliphatic heterocycles. The summed E-state index contributed by atoms with van der Waals surface area (Å²) in [6, 6.07) is 5.95. The summed E-state index contributed by atoms with van der Waals surface area (Å²) in [6.45, 7) is 3.39. The molecule has 2 aromatic carbocycles. The number of nitrogens with zero attached hydrogens (tertiary/aromatic N) is 2. The number of β-lactam (4-membered cyclic amide) rings is 1. The van der Waals surface area contributed by atoms with Crippen LogP contribution >= 0.6 is 11.8 Å². The van der Waals surface area contributed by atoms with E-state index in [1.54, 1.807) is 13.8 Å². The summed E-state index contributed by atoms with van der Waals surface area (Å²) in [6.07, 6.45) is 0. The second-order valence-electron chi connectivity index (χ2n) is 9.25. The number of phenols is 2. The van der Waals surface area contributed by atoms with Crippen LogP contribution in [-0.2, 0) is 19.2 Å². The van der Waals surface area contributed by atoms with Gasteiger partial charge in [-0.15, -0.1) is 11.8 Å². The van der Waals surface area contributed by atoms with Gasteiger partial charge in [0.15, 0.2) is 0 Å². The fraction of sp³-hybridized carbons (Fsp3) is 0.333. The maximum atomic E-state index is 13.8. The van der Waals surface area contributed by atoms with E-state index in [0.717, 1.165) is 4.90 Å². The maximum absolute atomic E-state index is 13.8. The largest absolute Gasteiger partial charge is 0.508 e. The van der Waals surface area contributed by atoms with Gasteiger partial charge < -0.3 is 36.6 Å². The second kappa shape index (κ2) is 9.03. The molecule has 1 unspecified atom stereocenters. The molecule has 2 heterocycles. The van der Waals surface area contributed by atoms with Crippen LogP contribution in [-0.4, -0.2) is 71.0 Å². The molecule has 7 N–H and O–H groups in total. The lowest BCUT2D eigenvalue weighted by Crippen LogP contribution is -2.72. The van der Waals surface area contributed by atoms with Gasteiger partial charge in [-0.1, -0.05) is 24.3 Å². The minimum Gasteiger partial charge on any atom is -0.508 e. The molecule has 0 saturated carbocycles. The van der Waals surface area contributed by atoms with E-state index in [0.29, 0.717) is 5.56 Å². The van der Waals surface area contributed by atoms with Crippen molar-refractivity contribution in [2.75, 3.05) is 0 Å². The van der Waals surface area contributed by atoms with Crippen LogP contribution in [0.3, 0.4) is 0 Å². The van der Waals surface area contributed by atoms with E-state index in [-0.39, 0.29) is 17.1 Å². The van der Waals surface area contributed by atoms with E-state index in [4.69, 9.17) is 11.5 Å². The van der Waals surface area contributed by atoms with Gasteiger partial charge in [0.05, 0.1) is 0 Å². The van der Waals surface area contributed by atoms with Crippen LogP contribution in [0.15, 0.2) is 48.5 Å². The summed E-state index contributed by atoms with van der Waals surface area (Å²) >= 11 is 1.21. The topological polar surface area (TPSA) is 187 Å². The van der Waals surface area contributed by atoms with E-state index in [1.807, 2.05) is 0 Å². The smallest absolute Gasteiger partial charge is 0.327 e. The lowest BCUT2D eigenvalue weighted by atomic mass is 9.92. The van der Waals surface area contributed by atoms with Crippen LogP contribution in [0.5, 0.6) is 11.5 Å². The number of nitrogens with two attached hydrogens (primary N) is 2. The quantitative estimate of drug-likeness (QED) is 0.331. The number of rotatable bonds is 7. The summed E-state index contributed by atoms with van der Waals surface area (Å²) in [5.41, 5.74) is 12.6. The highest BCUT2D eigenvalue weighted by Gasteiger charge is 2.66. The zero-order valence-corrected chi connectivity index (χ0v) is 20.3. The van der Waals surface area contributed by atoms with Crippen LogP contribution in [0.1, 0.15) is 37.1 Å². The number of hydrogen-bond donors (Lipinski definition) is 5. The van der Waals surface area contributed by atoms with Crippen molar-refractivity contribution in [3.63, 3.8) is 0 Å².